The average Bonchev–Trinajstić information content (AvgIpc) is 2.40. The monoisotopic (exact) mass is 313 g/mol. The van der Waals surface area contributed by atoms with E-state index >= 15 is 0 Å². The van der Waals surface area contributed by atoms with E-state index in [1.165, 1.54) is 37.3 Å². The van der Waals surface area contributed by atoms with E-state index in [9.17, 15) is 14.0 Å². The largest absolute Gasteiger partial charge is 0.480 e. The number of carbonyl (C=O) groups excluding carboxylic acids is 1. The van der Waals surface area contributed by atoms with Gasteiger partial charge in [-0.1, -0.05) is 31.0 Å². The summed E-state index contributed by atoms with van der Waals surface area (Å²) in [5.41, 5.74) is -0.763. The van der Waals surface area contributed by atoms with Gasteiger partial charge in [0.1, 0.15) is 11.4 Å². The second-order valence-corrected chi connectivity index (χ2v) is 5.29. The molecule has 0 aliphatic carbocycles. The van der Waals surface area contributed by atoms with E-state index < -0.39 is 23.2 Å². The van der Waals surface area contributed by atoms with Gasteiger partial charge in [-0.2, -0.15) is 0 Å². The molecule has 0 saturated heterocycles. The maximum Gasteiger partial charge on any atom is 0.329 e. The first-order chi connectivity index (χ1) is 9.78. The highest BCUT2D eigenvalue weighted by molar-refractivity contribution is 6.30. The van der Waals surface area contributed by atoms with Crippen LogP contribution in [0.2, 0.25) is 5.02 Å². The highest BCUT2D eigenvalue weighted by Gasteiger charge is 2.33. The lowest BCUT2D eigenvalue weighted by molar-refractivity contribution is -0.146. The van der Waals surface area contributed by atoms with Crippen LogP contribution in [0.15, 0.2) is 24.3 Å². The Morgan fingerprint density at radius 1 is 1.48 bits per heavy atom. The molecule has 6 heteroatoms. The normalized spacial score (nSPS) is 13.9. The van der Waals surface area contributed by atoms with Crippen molar-refractivity contribution in [2.45, 2.75) is 32.2 Å². The highest BCUT2D eigenvalue weighted by atomic mass is 35.5. The number of rotatable bonds is 6. The number of benzene rings is 1. The zero-order chi connectivity index (χ0) is 16.0. The van der Waals surface area contributed by atoms with Crippen LogP contribution in [-0.4, -0.2) is 22.5 Å². The molecule has 0 radical (unpaired) electrons. The van der Waals surface area contributed by atoms with E-state index in [2.05, 4.69) is 5.32 Å². The van der Waals surface area contributed by atoms with Crippen molar-refractivity contribution in [2.24, 2.45) is 0 Å². The molecule has 1 atom stereocenters. The zero-order valence-electron chi connectivity index (χ0n) is 11.8. The molecular weight excluding hydrogens is 297 g/mol. The van der Waals surface area contributed by atoms with Crippen molar-refractivity contribution in [1.29, 1.82) is 0 Å². The third-order valence-electron chi connectivity index (χ3n) is 2.99. The summed E-state index contributed by atoms with van der Waals surface area (Å²) < 4.78 is 13.0. The molecule has 1 amide bonds. The maximum atomic E-state index is 13.0. The van der Waals surface area contributed by atoms with Gasteiger partial charge in [-0.3, -0.25) is 4.79 Å². The van der Waals surface area contributed by atoms with Gasteiger partial charge in [0.05, 0.1) is 5.02 Å². The quantitative estimate of drug-likeness (QED) is 0.792. The van der Waals surface area contributed by atoms with Crippen molar-refractivity contribution in [2.75, 3.05) is 0 Å². The molecule has 1 aromatic carbocycles. The Hall–Kier alpha value is -1.88. The molecule has 0 fully saturated rings. The van der Waals surface area contributed by atoms with Crippen LogP contribution >= 0.6 is 11.6 Å². The van der Waals surface area contributed by atoms with Gasteiger partial charge in [-0.05, 0) is 37.1 Å². The lowest BCUT2D eigenvalue weighted by Gasteiger charge is -2.24. The summed E-state index contributed by atoms with van der Waals surface area (Å²) in [4.78, 5) is 23.0. The van der Waals surface area contributed by atoms with E-state index in [0.29, 0.717) is 18.4 Å². The number of hydrogen-bond donors (Lipinski definition) is 2. The van der Waals surface area contributed by atoms with Crippen molar-refractivity contribution < 1.29 is 19.1 Å². The molecular formula is C15H17ClFNO3. The van der Waals surface area contributed by atoms with Crippen LogP contribution in [0, 0.1) is 5.82 Å². The number of halogens is 2. The maximum absolute atomic E-state index is 13.0. The molecule has 1 aromatic rings. The second kappa shape index (κ2) is 7.22. The predicted molar refractivity (Wildman–Crippen MR) is 79.5 cm³/mol. The molecule has 0 heterocycles. The molecule has 2 N–H and O–H groups in total. The number of hydrogen-bond acceptors (Lipinski definition) is 2. The molecule has 1 rings (SSSR count). The Morgan fingerprint density at radius 3 is 2.67 bits per heavy atom. The molecule has 0 bridgehead atoms. The van der Waals surface area contributed by atoms with Crippen molar-refractivity contribution in [1.82, 2.24) is 5.32 Å². The van der Waals surface area contributed by atoms with Crippen molar-refractivity contribution >= 4 is 29.6 Å². The number of carbonyl (C=O) groups is 2. The molecule has 114 valence electrons. The first-order valence-electron chi connectivity index (χ1n) is 6.47. The smallest absolute Gasteiger partial charge is 0.329 e. The molecule has 0 aliphatic rings. The number of carboxylic acids is 1. The van der Waals surface area contributed by atoms with Crippen LogP contribution in [0.25, 0.3) is 6.08 Å². The van der Waals surface area contributed by atoms with Crippen LogP contribution in [0.5, 0.6) is 0 Å². The van der Waals surface area contributed by atoms with Gasteiger partial charge in [0.25, 0.3) is 0 Å². The molecule has 0 saturated carbocycles. The Morgan fingerprint density at radius 2 is 2.14 bits per heavy atom. The Balaban J connectivity index is 2.78. The molecule has 4 nitrogen and oxygen atoms in total. The van der Waals surface area contributed by atoms with E-state index in [-0.39, 0.29) is 5.02 Å². The number of nitrogens with one attached hydrogen (secondary N) is 1. The van der Waals surface area contributed by atoms with E-state index in [4.69, 9.17) is 16.7 Å². The Bertz CT molecular complexity index is 574. The van der Waals surface area contributed by atoms with Crippen LogP contribution in [0.3, 0.4) is 0 Å². The van der Waals surface area contributed by atoms with Crippen LogP contribution in [-0.2, 0) is 9.59 Å². The summed E-state index contributed by atoms with van der Waals surface area (Å²) in [5.74, 6) is -2.16. The fraction of sp³-hybridized carbons (Fsp3) is 0.333. The van der Waals surface area contributed by atoms with E-state index in [1.807, 2.05) is 6.92 Å². The van der Waals surface area contributed by atoms with Crippen LogP contribution in [0.1, 0.15) is 32.3 Å². The van der Waals surface area contributed by atoms with Gasteiger partial charge >= 0.3 is 5.97 Å². The summed E-state index contributed by atoms with van der Waals surface area (Å²) in [7, 11) is 0. The fourth-order valence-corrected chi connectivity index (χ4v) is 2.01. The molecule has 21 heavy (non-hydrogen) atoms. The Labute approximate surface area is 127 Å². The van der Waals surface area contributed by atoms with E-state index in [0.717, 1.165) is 0 Å². The van der Waals surface area contributed by atoms with Gasteiger partial charge in [-0.15, -0.1) is 0 Å². The van der Waals surface area contributed by atoms with Gasteiger partial charge in [0, 0.05) is 6.08 Å². The lowest BCUT2D eigenvalue weighted by atomic mass is 9.96. The highest BCUT2D eigenvalue weighted by Crippen LogP contribution is 2.17. The third-order valence-corrected chi connectivity index (χ3v) is 3.28. The summed E-state index contributed by atoms with van der Waals surface area (Å²) in [6.07, 6.45) is 3.58. The first-order valence-corrected chi connectivity index (χ1v) is 6.85. The minimum absolute atomic E-state index is 0.0427. The topological polar surface area (TPSA) is 66.4 Å². The van der Waals surface area contributed by atoms with Gasteiger partial charge in [-0.25, -0.2) is 9.18 Å². The first kappa shape index (κ1) is 17.2. The van der Waals surface area contributed by atoms with Gasteiger partial charge in [0.2, 0.25) is 5.91 Å². The van der Waals surface area contributed by atoms with E-state index in [1.54, 1.807) is 0 Å². The summed E-state index contributed by atoms with van der Waals surface area (Å²) in [6.45, 7) is 3.29. The average molecular weight is 314 g/mol. The second-order valence-electron chi connectivity index (χ2n) is 4.88. The molecule has 0 aromatic heterocycles. The number of aliphatic carboxylic acids is 1. The molecule has 1 unspecified atom stereocenters. The fourth-order valence-electron chi connectivity index (χ4n) is 1.82. The van der Waals surface area contributed by atoms with Crippen LogP contribution < -0.4 is 5.32 Å². The standard InChI is InChI=1S/C15H17ClFNO3/c1-3-8-15(2,14(20)21)18-13(19)7-5-10-4-6-12(17)11(16)9-10/h4-7,9H,3,8H2,1-2H3,(H,18,19)(H,20,21)/b7-5+. The molecule has 0 spiro atoms. The predicted octanol–water partition coefficient (Wildman–Crippen LogP) is 3.25. The minimum Gasteiger partial charge on any atom is -0.480 e. The van der Waals surface area contributed by atoms with Crippen LogP contribution in [0.4, 0.5) is 4.39 Å². The SMILES string of the molecule is CCCC(C)(NC(=O)/C=C/c1ccc(F)c(Cl)c1)C(=O)O. The Kier molecular flexibility index (Phi) is 5.90. The zero-order valence-corrected chi connectivity index (χ0v) is 12.6. The summed E-state index contributed by atoms with van der Waals surface area (Å²) >= 11 is 5.63. The molecule has 0 aliphatic heterocycles. The van der Waals surface area contributed by atoms with Crippen molar-refractivity contribution in [3.8, 4) is 0 Å². The summed E-state index contributed by atoms with van der Waals surface area (Å²) in [5, 5.41) is 11.6. The van der Waals surface area contributed by atoms with Gasteiger partial charge in [0.15, 0.2) is 0 Å². The number of amides is 1. The third kappa shape index (κ3) is 4.86. The number of carboxylic acid groups (broad SMARTS) is 1. The minimum atomic E-state index is -1.31. The lowest BCUT2D eigenvalue weighted by Crippen LogP contribution is -2.51. The van der Waals surface area contributed by atoms with Crippen molar-refractivity contribution in [3.05, 3.63) is 40.7 Å². The summed E-state index contributed by atoms with van der Waals surface area (Å²) in [6, 6.07) is 4.04. The van der Waals surface area contributed by atoms with Crippen molar-refractivity contribution in [3.63, 3.8) is 0 Å². The van der Waals surface area contributed by atoms with Gasteiger partial charge < -0.3 is 10.4 Å².